The molecule has 0 aromatic heterocycles. The molecule has 1 aliphatic heterocycles. The third kappa shape index (κ3) is 2.79. The van der Waals surface area contributed by atoms with E-state index in [1.807, 2.05) is 30.3 Å². The lowest BCUT2D eigenvalue weighted by Gasteiger charge is -2.15. The molecule has 22 heavy (non-hydrogen) atoms. The summed E-state index contributed by atoms with van der Waals surface area (Å²) in [5.74, 6) is -0.228. The second-order valence-corrected chi connectivity index (χ2v) is 6.25. The van der Waals surface area contributed by atoms with E-state index in [0.29, 0.717) is 21.5 Å². The Morgan fingerprint density at radius 3 is 2.55 bits per heavy atom. The fourth-order valence-electron chi connectivity index (χ4n) is 2.13. The van der Waals surface area contributed by atoms with Crippen molar-refractivity contribution in [3.8, 4) is 0 Å². The molecule has 3 rings (SSSR count). The smallest absolute Gasteiger partial charge is 0.281 e. The van der Waals surface area contributed by atoms with Gasteiger partial charge in [-0.15, -0.1) is 0 Å². The highest BCUT2D eigenvalue weighted by atomic mass is 79.9. The maximum absolute atomic E-state index is 12.6. The lowest BCUT2D eigenvalue weighted by Crippen LogP contribution is -2.30. The van der Waals surface area contributed by atoms with Crippen molar-refractivity contribution in [3.63, 3.8) is 0 Å². The summed E-state index contributed by atoms with van der Waals surface area (Å²) >= 11 is 14.9. The first-order chi connectivity index (χ1) is 10.6. The van der Waals surface area contributed by atoms with Crippen molar-refractivity contribution in [1.82, 2.24) is 5.32 Å². The van der Waals surface area contributed by atoms with Crippen molar-refractivity contribution < 1.29 is 4.79 Å². The Morgan fingerprint density at radius 2 is 1.82 bits per heavy atom. The topological polar surface area (TPSA) is 32.3 Å². The van der Waals surface area contributed by atoms with Gasteiger partial charge >= 0.3 is 0 Å². The first kappa shape index (κ1) is 15.2. The molecule has 0 spiro atoms. The number of benzene rings is 2. The predicted molar refractivity (Wildman–Crippen MR) is 96.8 cm³/mol. The van der Waals surface area contributed by atoms with Gasteiger partial charge in [0.1, 0.15) is 5.70 Å². The minimum Gasteiger partial charge on any atom is -0.327 e. The predicted octanol–water partition coefficient (Wildman–Crippen LogP) is 4.36. The summed E-state index contributed by atoms with van der Waals surface area (Å²) in [7, 11) is 0. The number of anilines is 1. The first-order valence-corrected chi connectivity index (χ1v) is 8.02. The van der Waals surface area contributed by atoms with Crippen LogP contribution in [0.15, 0.2) is 58.7 Å². The van der Waals surface area contributed by atoms with Crippen LogP contribution in [0.2, 0.25) is 5.02 Å². The minimum atomic E-state index is -0.228. The van der Waals surface area contributed by atoms with Crippen molar-refractivity contribution in [2.45, 2.75) is 0 Å². The first-order valence-electron chi connectivity index (χ1n) is 6.44. The van der Waals surface area contributed by atoms with E-state index in [9.17, 15) is 4.79 Å². The van der Waals surface area contributed by atoms with Crippen LogP contribution in [0.5, 0.6) is 0 Å². The summed E-state index contributed by atoms with van der Waals surface area (Å²) in [4.78, 5) is 14.0. The molecule has 2 aromatic carbocycles. The van der Waals surface area contributed by atoms with Crippen molar-refractivity contribution in [1.29, 1.82) is 0 Å². The molecule has 6 heteroatoms. The summed E-state index contributed by atoms with van der Waals surface area (Å²) in [6, 6.07) is 14.7. The SMILES string of the molecule is O=C1/C(=C\c2ccccc2Br)NC(=S)N1c1ccccc1Cl. The third-order valence-electron chi connectivity index (χ3n) is 3.18. The molecule has 2 aromatic rings. The zero-order valence-corrected chi connectivity index (χ0v) is 14.4. The van der Waals surface area contributed by atoms with E-state index >= 15 is 0 Å². The Hall–Kier alpha value is -1.69. The van der Waals surface area contributed by atoms with Gasteiger partial charge in [0.25, 0.3) is 5.91 Å². The molecule has 0 radical (unpaired) electrons. The summed E-state index contributed by atoms with van der Waals surface area (Å²) in [5, 5.41) is 3.73. The number of halogens is 2. The Kier molecular flexibility index (Phi) is 4.29. The molecule has 0 atom stereocenters. The van der Waals surface area contributed by atoms with Gasteiger partial charge in [-0.3, -0.25) is 9.69 Å². The van der Waals surface area contributed by atoms with Gasteiger partial charge in [-0.1, -0.05) is 57.9 Å². The molecule has 0 aliphatic carbocycles. The molecule has 1 saturated heterocycles. The molecule has 0 bridgehead atoms. The van der Waals surface area contributed by atoms with Crippen molar-refractivity contribution in [2.24, 2.45) is 0 Å². The number of hydrogen-bond donors (Lipinski definition) is 1. The molecular formula is C16H10BrClN2OS. The van der Waals surface area contributed by atoms with Crippen molar-refractivity contribution in [2.75, 3.05) is 4.90 Å². The van der Waals surface area contributed by atoms with Gasteiger partial charge in [0.2, 0.25) is 0 Å². The number of nitrogens with zero attached hydrogens (tertiary/aromatic N) is 1. The Labute approximate surface area is 146 Å². The van der Waals surface area contributed by atoms with E-state index in [-0.39, 0.29) is 5.91 Å². The number of thiocarbonyl (C=S) groups is 1. The van der Waals surface area contributed by atoms with Crippen LogP contribution in [-0.2, 0) is 4.79 Å². The molecule has 1 heterocycles. The number of carbonyl (C=O) groups is 1. The van der Waals surface area contributed by atoms with Crippen LogP contribution >= 0.6 is 39.7 Å². The van der Waals surface area contributed by atoms with E-state index in [4.69, 9.17) is 23.8 Å². The summed E-state index contributed by atoms with van der Waals surface area (Å²) in [6.07, 6.45) is 1.76. The lowest BCUT2D eigenvalue weighted by atomic mass is 10.2. The summed E-state index contributed by atoms with van der Waals surface area (Å²) in [6.45, 7) is 0. The minimum absolute atomic E-state index is 0.228. The van der Waals surface area contributed by atoms with Gasteiger partial charge < -0.3 is 5.32 Å². The van der Waals surface area contributed by atoms with Gasteiger partial charge in [-0.2, -0.15) is 0 Å². The average molecular weight is 394 g/mol. The van der Waals surface area contributed by atoms with E-state index in [1.54, 1.807) is 24.3 Å². The largest absolute Gasteiger partial charge is 0.327 e. The normalized spacial score (nSPS) is 16.3. The van der Waals surface area contributed by atoms with Gasteiger partial charge in [-0.25, -0.2) is 0 Å². The second-order valence-electron chi connectivity index (χ2n) is 4.60. The number of rotatable bonds is 2. The fourth-order valence-corrected chi connectivity index (χ4v) is 3.05. The molecule has 1 N–H and O–H groups in total. The van der Waals surface area contributed by atoms with Crippen LogP contribution in [0, 0.1) is 0 Å². The highest BCUT2D eigenvalue weighted by Gasteiger charge is 2.33. The quantitative estimate of drug-likeness (QED) is 0.607. The number of para-hydroxylation sites is 1. The zero-order valence-electron chi connectivity index (χ0n) is 11.2. The zero-order chi connectivity index (χ0) is 15.7. The van der Waals surface area contributed by atoms with Gasteiger partial charge in [-0.05, 0) is 42.1 Å². The Morgan fingerprint density at radius 1 is 1.14 bits per heavy atom. The monoisotopic (exact) mass is 392 g/mol. The number of carbonyl (C=O) groups excluding carboxylic acids is 1. The van der Waals surface area contributed by atoms with Crippen LogP contribution in [0.4, 0.5) is 5.69 Å². The van der Waals surface area contributed by atoms with E-state index in [0.717, 1.165) is 10.0 Å². The highest BCUT2D eigenvalue weighted by Crippen LogP contribution is 2.29. The maximum atomic E-state index is 12.6. The Balaban J connectivity index is 1.99. The molecule has 110 valence electrons. The maximum Gasteiger partial charge on any atom is 0.281 e. The lowest BCUT2D eigenvalue weighted by molar-refractivity contribution is -0.113. The summed E-state index contributed by atoms with van der Waals surface area (Å²) in [5.41, 5.74) is 1.88. The van der Waals surface area contributed by atoms with Gasteiger partial charge in [0.15, 0.2) is 5.11 Å². The summed E-state index contributed by atoms with van der Waals surface area (Å²) < 4.78 is 0.902. The third-order valence-corrected chi connectivity index (χ3v) is 4.50. The molecular weight excluding hydrogens is 384 g/mol. The fraction of sp³-hybridized carbons (Fsp3) is 0. The van der Waals surface area contributed by atoms with Crippen LogP contribution < -0.4 is 10.2 Å². The molecule has 3 nitrogen and oxygen atoms in total. The van der Waals surface area contributed by atoms with E-state index < -0.39 is 0 Å². The van der Waals surface area contributed by atoms with E-state index in [2.05, 4.69) is 21.2 Å². The number of hydrogen-bond acceptors (Lipinski definition) is 2. The second kappa shape index (κ2) is 6.20. The molecule has 1 fully saturated rings. The van der Waals surface area contributed by atoms with E-state index in [1.165, 1.54) is 4.90 Å². The van der Waals surface area contributed by atoms with Crippen molar-refractivity contribution in [3.05, 3.63) is 69.3 Å². The van der Waals surface area contributed by atoms with Crippen molar-refractivity contribution >= 4 is 62.5 Å². The molecule has 1 amide bonds. The standard InChI is InChI=1S/C16H10BrClN2OS/c17-11-6-2-1-5-10(11)9-13-15(21)20(16(22)19-13)14-8-4-3-7-12(14)18/h1-9H,(H,19,22)/b13-9+. The molecule has 0 saturated carbocycles. The van der Waals surface area contributed by atoms with Crippen LogP contribution in [0.25, 0.3) is 6.08 Å². The number of amides is 1. The van der Waals surface area contributed by atoms with Crippen LogP contribution in [0.3, 0.4) is 0 Å². The van der Waals surface area contributed by atoms with Crippen LogP contribution in [0.1, 0.15) is 5.56 Å². The molecule has 1 aliphatic rings. The molecule has 0 unspecified atom stereocenters. The highest BCUT2D eigenvalue weighted by molar-refractivity contribution is 9.10. The Bertz CT molecular complexity index is 806. The van der Waals surface area contributed by atoms with Gasteiger partial charge in [0, 0.05) is 4.47 Å². The average Bonchev–Trinajstić information content (AvgIpc) is 2.77. The van der Waals surface area contributed by atoms with Gasteiger partial charge in [0.05, 0.1) is 10.7 Å². The van der Waals surface area contributed by atoms with Crippen LogP contribution in [-0.4, -0.2) is 11.0 Å². The number of nitrogens with one attached hydrogen (secondary N) is 1.